The summed E-state index contributed by atoms with van der Waals surface area (Å²) in [6, 6.07) is 0. The van der Waals surface area contributed by atoms with E-state index in [-0.39, 0.29) is 0 Å². The Hall–Kier alpha value is -2.75. The van der Waals surface area contributed by atoms with Crippen molar-refractivity contribution in [1.82, 2.24) is 0 Å². The number of nitrogens with zero attached hydrogens (tertiary/aromatic N) is 1. The summed E-state index contributed by atoms with van der Waals surface area (Å²) in [7, 11) is 0. The van der Waals surface area contributed by atoms with Gasteiger partial charge in [-0.15, -0.1) is 0 Å². The van der Waals surface area contributed by atoms with Crippen LogP contribution >= 0.6 is 0 Å². The first kappa shape index (κ1) is 23.3. The van der Waals surface area contributed by atoms with Gasteiger partial charge in [-0.2, -0.15) is 52.7 Å². The van der Waals surface area contributed by atoms with Crippen molar-refractivity contribution in [2.75, 3.05) is 0 Å². The van der Waals surface area contributed by atoms with E-state index in [2.05, 4.69) is 0 Å². The first-order valence-electron chi connectivity index (χ1n) is 6.03. The average molecular weight is 439 g/mol. The van der Waals surface area contributed by atoms with Crippen molar-refractivity contribution in [3.63, 3.8) is 0 Å². The number of halogens is 12. The van der Waals surface area contributed by atoms with Gasteiger partial charge in [0.25, 0.3) is 5.69 Å². The van der Waals surface area contributed by atoms with E-state index in [0.29, 0.717) is 0 Å². The SMILES string of the molecule is O=C(O)c1c(C(F)(F)F)c(C(F)(F)F)c([N+](=O)[O-])c(C(F)(F)F)c1C(F)(F)F. The minimum absolute atomic E-state index is 2.75. The average Bonchev–Trinajstić information content (AvgIpc) is 2.39. The number of alkyl halides is 12. The molecule has 0 radical (unpaired) electrons. The number of nitro groups is 1. The molecule has 1 aromatic carbocycles. The van der Waals surface area contributed by atoms with Crippen LogP contribution in [0.5, 0.6) is 0 Å². The van der Waals surface area contributed by atoms with Gasteiger partial charge in [0.2, 0.25) is 0 Å². The molecule has 0 aliphatic rings. The van der Waals surface area contributed by atoms with Gasteiger partial charge in [-0.1, -0.05) is 0 Å². The fraction of sp³-hybridized carbons (Fsp3) is 0.364. The van der Waals surface area contributed by atoms with E-state index >= 15 is 0 Å². The van der Waals surface area contributed by atoms with Crippen LogP contribution in [0.15, 0.2) is 0 Å². The largest absolute Gasteiger partial charge is 0.478 e. The van der Waals surface area contributed by atoms with Crippen molar-refractivity contribution in [2.24, 2.45) is 0 Å². The van der Waals surface area contributed by atoms with Crippen molar-refractivity contribution >= 4 is 11.7 Å². The van der Waals surface area contributed by atoms with Gasteiger partial charge in [0.05, 0.1) is 21.6 Å². The molecule has 17 heteroatoms. The summed E-state index contributed by atoms with van der Waals surface area (Å²) in [5.41, 5.74) is -22.3. The molecule has 0 saturated carbocycles. The van der Waals surface area contributed by atoms with Gasteiger partial charge in [-0.05, 0) is 0 Å². The lowest BCUT2D eigenvalue weighted by Crippen LogP contribution is -2.31. The minimum atomic E-state index is -6.68. The third kappa shape index (κ3) is 4.06. The molecule has 0 spiro atoms. The smallest absolute Gasteiger partial charge is 0.423 e. The van der Waals surface area contributed by atoms with Crippen molar-refractivity contribution in [3.05, 3.63) is 37.9 Å². The molecule has 0 fully saturated rings. The Morgan fingerprint density at radius 3 is 1.07 bits per heavy atom. The summed E-state index contributed by atoms with van der Waals surface area (Å²) in [5, 5.41) is 19.3. The summed E-state index contributed by atoms with van der Waals surface area (Å²) < 4.78 is 156. The molecule has 0 saturated heterocycles. The third-order valence-electron chi connectivity index (χ3n) is 3.00. The van der Waals surface area contributed by atoms with Gasteiger partial charge >= 0.3 is 30.7 Å². The number of hydrogen-bond acceptors (Lipinski definition) is 3. The lowest BCUT2D eigenvalue weighted by molar-refractivity contribution is -0.391. The van der Waals surface area contributed by atoms with Crippen LogP contribution in [0, 0.1) is 10.1 Å². The zero-order valence-electron chi connectivity index (χ0n) is 12.2. The minimum Gasteiger partial charge on any atom is -0.478 e. The van der Waals surface area contributed by atoms with Crippen LogP contribution < -0.4 is 0 Å². The molecule has 0 amide bonds. The molecule has 0 atom stereocenters. The van der Waals surface area contributed by atoms with Crippen LogP contribution in [0.25, 0.3) is 0 Å². The molecule has 1 aromatic rings. The number of carboxylic acids is 1. The number of aromatic carboxylic acids is 1. The van der Waals surface area contributed by atoms with Crippen LogP contribution in [0.2, 0.25) is 0 Å². The van der Waals surface area contributed by atoms with E-state index in [1.807, 2.05) is 0 Å². The maximum Gasteiger partial charge on any atom is 0.423 e. The van der Waals surface area contributed by atoms with Crippen molar-refractivity contribution < 1.29 is 67.5 Å². The normalized spacial score (nSPS) is 13.6. The second-order valence-electron chi connectivity index (χ2n) is 4.78. The second kappa shape index (κ2) is 6.40. The molecule has 1 rings (SSSR count). The summed E-state index contributed by atoms with van der Waals surface area (Å²) in [4.78, 5) is 18.8. The number of nitro benzene ring substituents is 1. The monoisotopic (exact) mass is 439 g/mol. The van der Waals surface area contributed by atoms with E-state index in [1.165, 1.54) is 0 Å². The fourth-order valence-electron chi connectivity index (χ4n) is 2.25. The number of rotatable bonds is 2. The Balaban J connectivity index is 4.73. The number of carbonyl (C=O) groups is 1. The van der Waals surface area contributed by atoms with Crippen LogP contribution in [-0.4, -0.2) is 16.0 Å². The van der Waals surface area contributed by atoms with Crippen LogP contribution in [0.4, 0.5) is 58.4 Å². The first-order chi connectivity index (χ1) is 12.1. The molecule has 0 heterocycles. The first-order valence-corrected chi connectivity index (χ1v) is 6.03. The van der Waals surface area contributed by atoms with Crippen molar-refractivity contribution in [2.45, 2.75) is 24.7 Å². The van der Waals surface area contributed by atoms with E-state index in [0.717, 1.165) is 0 Å². The highest BCUT2D eigenvalue weighted by atomic mass is 19.4. The molecule has 0 bridgehead atoms. The standard InChI is InChI=1S/C11HF12NO4/c12-8(13,14)2-1(7(25)26)3(9(15,16)17)5(11(21,22)23)6(24(27)28)4(2)10(18,19)20/h(H,25,26). The molecule has 0 aliphatic heterocycles. The van der Waals surface area contributed by atoms with Gasteiger partial charge in [-0.25, -0.2) is 4.79 Å². The van der Waals surface area contributed by atoms with Crippen molar-refractivity contribution in [3.8, 4) is 0 Å². The van der Waals surface area contributed by atoms with E-state index < -0.39 is 69.1 Å². The molecule has 0 aromatic heterocycles. The Morgan fingerprint density at radius 1 is 0.679 bits per heavy atom. The van der Waals surface area contributed by atoms with Gasteiger partial charge in [0, 0.05) is 0 Å². The molecular weight excluding hydrogens is 438 g/mol. The van der Waals surface area contributed by atoms with Gasteiger partial charge in [0.15, 0.2) is 0 Å². The maximum atomic E-state index is 13.0. The lowest BCUT2D eigenvalue weighted by atomic mass is 9.87. The summed E-state index contributed by atoms with van der Waals surface area (Å²) in [6.45, 7) is 0. The molecule has 5 nitrogen and oxygen atoms in total. The van der Waals surface area contributed by atoms with E-state index in [4.69, 9.17) is 5.11 Å². The second-order valence-corrected chi connectivity index (χ2v) is 4.78. The quantitative estimate of drug-likeness (QED) is 0.382. The van der Waals surface area contributed by atoms with Gasteiger partial charge in [-0.3, -0.25) is 10.1 Å². The summed E-state index contributed by atoms with van der Waals surface area (Å²) in [5.74, 6) is -3.47. The Bertz CT molecular complexity index is 708. The van der Waals surface area contributed by atoms with E-state index in [1.54, 1.807) is 0 Å². The molecule has 28 heavy (non-hydrogen) atoms. The highest BCUT2D eigenvalue weighted by Gasteiger charge is 2.60. The number of carboxylic acid groups (broad SMARTS) is 1. The molecular formula is C11HF12NO4. The predicted molar refractivity (Wildman–Crippen MR) is 60.1 cm³/mol. The van der Waals surface area contributed by atoms with Crippen LogP contribution in [0.3, 0.4) is 0 Å². The zero-order chi connectivity index (χ0) is 22.6. The topological polar surface area (TPSA) is 80.4 Å². The Kier molecular flexibility index (Phi) is 5.33. The third-order valence-corrected chi connectivity index (χ3v) is 3.00. The molecule has 0 aliphatic carbocycles. The van der Waals surface area contributed by atoms with Crippen LogP contribution in [0.1, 0.15) is 32.6 Å². The van der Waals surface area contributed by atoms with Crippen molar-refractivity contribution in [1.29, 1.82) is 0 Å². The molecule has 1 N–H and O–H groups in total. The molecule has 158 valence electrons. The van der Waals surface area contributed by atoms with Crippen LogP contribution in [-0.2, 0) is 24.7 Å². The van der Waals surface area contributed by atoms with Gasteiger partial charge < -0.3 is 5.11 Å². The van der Waals surface area contributed by atoms with E-state index in [9.17, 15) is 67.6 Å². The highest BCUT2D eigenvalue weighted by molar-refractivity contribution is 5.94. The molecule has 0 unspecified atom stereocenters. The summed E-state index contributed by atoms with van der Waals surface area (Å²) in [6.07, 6.45) is -26.7. The predicted octanol–water partition coefficient (Wildman–Crippen LogP) is 5.37. The summed E-state index contributed by atoms with van der Waals surface area (Å²) >= 11 is 0. The Morgan fingerprint density at radius 2 is 0.929 bits per heavy atom. The number of benzene rings is 1. The Labute approximate surface area is 143 Å². The number of hydrogen-bond donors (Lipinski definition) is 1. The maximum absolute atomic E-state index is 13.0. The lowest BCUT2D eigenvalue weighted by Gasteiger charge is -2.24. The fourth-order valence-corrected chi connectivity index (χ4v) is 2.25. The highest BCUT2D eigenvalue weighted by Crippen LogP contribution is 2.55. The zero-order valence-corrected chi connectivity index (χ0v) is 12.2. The van der Waals surface area contributed by atoms with Gasteiger partial charge in [0.1, 0.15) is 11.1 Å².